The van der Waals surface area contributed by atoms with E-state index < -0.39 is 0 Å². The van der Waals surface area contributed by atoms with Gasteiger partial charge in [0.1, 0.15) is 0 Å². The molecule has 0 saturated heterocycles. The Morgan fingerprint density at radius 1 is 1.50 bits per heavy atom. The maximum absolute atomic E-state index is 4.94. The molecule has 0 radical (unpaired) electrons. The summed E-state index contributed by atoms with van der Waals surface area (Å²) in [5.74, 6) is 0. The molecule has 0 aliphatic heterocycles. The third-order valence-electron chi connectivity index (χ3n) is 0.633. The van der Waals surface area contributed by atoms with Gasteiger partial charge in [0.05, 0.1) is 7.11 Å². The lowest BCUT2D eigenvalue weighted by Gasteiger charge is -2.07. The molecule has 0 spiro atoms. The molecule has 0 amide bonds. The number of ether oxygens (including phenoxy) is 1. The summed E-state index contributed by atoms with van der Waals surface area (Å²) in [4.78, 5) is 8.89. The van der Waals surface area contributed by atoms with Gasteiger partial charge in [0, 0.05) is 6.61 Å². The Hall–Kier alpha value is -0.120. The molecule has 50 valence electrons. The minimum absolute atomic E-state index is 0.259. The Bertz CT molecular complexity index is 40.9. The summed E-state index contributed by atoms with van der Waals surface area (Å²) in [5.41, 5.74) is 0. The summed E-state index contributed by atoms with van der Waals surface area (Å²) in [7, 11) is 1.45. The zero-order valence-electron chi connectivity index (χ0n) is 5.51. The van der Waals surface area contributed by atoms with Crippen LogP contribution in [0.1, 0.15) is 13.8 Å². The van der Waals surface area contributed by atoms with Crippen molar-refractivity contribution in [3.63, 3.8) is 0 Å². The predicted octanol–water partition coefficient (Wildman–Crippen LogP) is 0.947. The Balaban J connectivity index is 2.92. The van der Waals surface area contributed by atoms with Gasteiger partial charge < -0.3 is 4.74 Å². The lowest BCUT2D eigenvalue weighted by atomic mass is 10.7. The standard InChI is InChI=1S/C5H12O3/c1-4-7-5(2)8-6-3/h5H,4H2,1-3H3. The van der Waals surface area contributed by atoms with Crippen LogP contribution in [0, 0.1) is 0 Å². The molecule has 0 aliphatic carbocycles. The van der Waals surface area contributed by atoms with Crippen molar-refractivity contribution in [2.75, 3.05) is 13.7 Å². The van der Waals surface area contributed by atoms with Crippen LogP contribution < -0.4 is 0 Å². The van der Waals surface area contributed by atoms with E-state index in [4.69, 9.17) is 4.74 Å². The predicted molar refractivity (Wildman–Crippen MR) is 29.2 cm³/mol. The van der Waals surface area contributed by atoms with Crippen molar-refractivity contribution < 1.29 is 14.5 Å². The smallest absolute Gasteiger partial charge is 0.188 e. The highest BCUT2D eigenvalue weighted by Gasteiger charge is 1.96. The van der Waals surface area contributed by atoms with Crippen molar-refractivity contribution in [2.24, 2.45) is 0 Å². The Morgan fingerprint density at radius 3 is 2.50 bits per heavy atom. The monoisotopic (exact) mass is 120 g/mol. The summed E-state index contributed by atoms with van der Waals surface area (Å²) in [5, 5.41) is 0. The molecule has 0 aromatic carbocycles. The highest BCUT2D eigenvalue weighted by molar-refractivity contribution is 4.20. The average Bonchev–Trinajstić information content (AvgIpc) is 1.68. The normalized spacial score (nSPS) is 13.9. The first-order chi connectivity index (χ1) is 3.81. The summed E-state index contributed by atoms with van der Waals surface area (Å²) in [6.45, 7) is 4.31. The molecule has 0 bridgehead atoms. The largest absolute Gasteiger partial charge is 0.350 e. The van der Waals surface area contributed by atoms with Gasteiger partial charge in [-0.15, -0.1) is 0 Å². The molecule has 0 rings (SSSR count). The first-order valence-corrected chi connectivity index (χ1v) is 2.62. The first kappa shape index (κ1) is 7.88. The van der Waals surface area contributed by atoms with Gasteiger partial charge in [-0.2, -0.15) is 0 Å². The Labute approximate surface area is 49.5 Å². The highest BCUT2D eigenvalue weighted by atomic mass is 17.2. The molecule has 1 unspecified atom stereocenters. The van der Waals surface area contributed by atoms with Crippen molar-refractivity contribution in [2.45, 2.75) is 20.1 Å². The van der Waals surface area contributed by atoms with Gasteiger partial charge in [0.2, 0.25) is 0 Å². The molecular weight excluding hydrogens is 108 g/mol. The second kappa shape index (κ2) is 5.03. The molecule has 3 heteroatoms. The van der Waals surface area contributed by atoms with Crippen LogP contribution in [-0.2, 0) is 14.5 Å². The van der Waals surface area contributed by atoms with Crippen LogP contribution in [0.3, 0.4) is 0 Å². The van der Waals surface area contributed by atoms with E-state index in [1.165, 1.54) is 7.11 Å². The quantitative estimate of drug-likeness (QED) is 0.314. The topological polar surface area (TPSA) is 27.7 Å². The van der Waals surface area contributed by atoms with E-state index in [9.17, 15) is 0 Å². The van der Waals surface area contributed by atoms with E-state index in [1.807, 2.05) is 6.92 Å². The van der Waals surface area contributed by atoms with Gasteiger partial charge in [-0.3, -0.25) is 0 Å². The van der Waals surface area contributed by atoms with Crippen molar-refractivity contribution in [1.29, 1.82) is 0 Å². The Morgan fingerprint density at radius 2 is 2.12 bits per heavy atom. The van der Waals surface area contributed by atoms with Crippen LogP contribution in [0.4, 0.5) is 0 Å². The molecule has 0 saturated carbocycles. The van der Waals surface area contributed by atoms with Crippen molar-refractivity contribution in [3.05, 3.63) is 0 Å². The number of hydrogen-bond donors (Lipinski definition) is 0. The highest BCUT2D eigenvalue weighted by Crippen LogP contribution is 1.90. The zero-order valence-corrected chi connectivity index (χ0v) is 5.51. The van der Waals surface area contributed by atoms with Gasteiger partial charge >= 0.3 is 0 Å². The lowest BCUT2D eigenvalue weighted by molar-refractivity contribution is -0.357. The zero-order chi connectivity index (χ0) is 6.41. The minimum atomic E-state index is -0.259. The van der Waals surface area contributed by atoms with Crippen molar-refractivity contribution >= 4 is 0 Å². The third kappa shape index (κ3) is 4.05. The van der Waals surface area contributed by atoms with Crippen LogP contribution in [-0.4, -0.2) is 20.0 Å². The van der Waals surface area contributed by atoms with Crippen molar-refractivity contribution in [1.82, 2.24) is 0 Å². The maximum atomic E-state index is 4.94. The van der Waals surface area contributed by atoms with Gasteiger partial charge in [0.15, 0.2) is 6.29 Å². The van der Waals surface area contributed by atoms with E-state index >= 15 is 0 Å². The van der Waals surface area contributed by atoms with Crippen LogP contribution >= 0.6 is 0 Å². The van der Waals surface area contributed by atoms with E-state index in [-0.39, 0.29) is 6.29 Å². The Kier molecular flexibility index (Phi) is 4.95. The molecule has 3 nitrogen and oxygen atoms in total. The molecule has 0 aromatic heterocycles. The van der Waals surface area contributed by atoms with Gasteiger partial charge in [-0.1, -0.05) is 0 Å². The van der Waals surface area contributed by atoms with Crippen LogP contribution in [0.25, 0.3) is 0 Å². The second-order valence-electron chi connectivity index (χ2n) is 1.29. The third-order valence-corrected chi connectivity index (χ3v) is 0.633. The average molecular weight is 120 g/mol. The molecule has 0 aromatic rings. The second-order valence-corrected chi connectivity index (χ2v) is 1.29. The van der Waals surface area contributed by atoms with E-state index in [1.54, 1.807) is 6.92 Å². The summed E-state index contributed by atoms with van der Waals surface area (Å²) < 4.78 is 4.94. The first-order valence-electron chi connectivity index (χ1n) is 2.62. The number of hydrogen-bond acceptors (Lipinski definition) is 3. The van der Waals surface area contributed by atoms with Crippen LogP contribution in [0.15, 0.2) is 0 Å². The van der Waals surface area contributed by atoms with Crippen LogP contribution in [0.2, 0.25) is 0 Å². The van der Waals surface area contributed by atoms with E-state index in [0.29, 0.717) is 6.61 Å². The maximum Gasteiger partial charge on any atom is 0.188 e. The lowest BCUT2D eigenvalue weighted by Crippen LogP contribution is -2.11. The summed E-state index contributed by atoms with van der Waals surface area (Å²) in [6.07, 6.45) is -0.259. The van der Waals surface area contributed by atoms with E-state index in [2.05, 4.69) is 9.78 Å². The SMILES string of the molecule is CCOC(C)OOC. The molecule has 0 N–H and O–H groups in total. The fourth-order valence-corrected chi connectivity index (χ4v) is 0.398. The molecule has 0 aliphatic rings. The van der Waals surface area contributed by atoms with Gasteiger partial charge in [-0.05, 0) is 13.8 Å². The molecule has 1 atom stereocenters. The summed E-state index contributed by atoms with van der Waals surface area (Å²) in [6, 6.07) is 0. The molecule has 0 fully saturated rings. The van der Waals surface area contributed by atoms with Gasteiger partial charge in [0.25, 0.3) is 0 Å². The van der Waals surface area contributed by atoms with Crippen LogP contribution in [0.5, 0.6) is 0 Å². The fourth-order valence-electron chi connectivity index (χ4n) is 0.398. The molecule has 0 heterocycles. The molecular formula is C5H12O3. The van der Waals surface area contributed by atoms with Gasteiger partial charge in [-0.25, -0.2) is 9.78 Å². The van der Waals surface area contributed by atoms with E-state index in [0.717, 1.165) is 0 Å². The molecule has 8 heavy (non-hydrogen) atoms. The van der Waals surface area contributed by atoms with Crippen molar-refractivity contribution in [3.8, 4) is 0 Å². The number of rotatable bonds is 4. The fraction of sp³-hybridized carbons (Fsp3) is 1.00. The minimum Gasteiger partial charge on any atom is -0.350 e. The summed E-state index contributed by atoms with van der Waals surface area (Å²) >= 11 is 0.